The van der Waals surface area contributed by atoms with Gasteiger partial charge in [0.15, 0.2) is 0 Å². The average molecular weight is 292 g/mol. The fourth-order valence-electron chi connectivity index (χ4n) is 1.96. The number of carbonyl (C=O) groups is 1. The molecule has 21 heavy (non-hydrogen) atoms. The minimum absolute atomic E-state index is 0.0101. The van der Waals surface area contributed by atoms with Crippen molar-refractivity contribution in [3.05, 3.63) is 35.4 Å². The number of hydrogen-bond acceptors (Lipinski definition) is 4. The van der Waals surface area contributed by atoms with Gasteiger partial charge in [-0.3, -0.25) is 10.2 Å². The van der Waals surface area contributed by atoms with Crippen molar-refractivity contribution in [3.63, 3.8) is 0 Å². The molecule has 0 bridgehead atoms. The van der Waals surface area contributed by atoms with E-state index >= 15 is 0 Å². The normalized spacial score (nSPS) is 15.5. The highest BCUT2D eigenvalue weighted by Crippen LogP contribution is 2.06. The zero-order chi connectivity index (χ0) is 15.7. The molecule has 6 nitrogen and oxygen atoms in total. The third-order valence-electron chi connectivity index (χ3n) is 3.24. The van der Waals surface area contributed by atoms with Crippen molar-refractivity contribution in [1.82, 2.24) is 5.32 Å². The molecule has 0 saturated carbocycles. The number of rotatable bonds is 4. The maximum absolute atomic E-state index is 10.5. The zero-order valence-corrected chi connectivity index (χ0v) is 12.1. The van der Waals surface area contributed by atoms with Gasteiger partial charge in [0.25, 0.3) is 0 Å². The summed E-state index contributed by atoms with van der Waals surface area (Å²) in [4.78, 5) is 10.5. The van der Waals surface area contributed by atoms with Crippen LogP contribution >= 0.6 is 0 Å². The van der Waals surface area contributed by atoms with E-state index in [1.807, 2.05) is 0 Å². The Morgan fingerprint density at radius 3 is 2.14 bits per heavy atom. The molecule has 1 atom stereocenters. The first kappa shape index (κ1) is 17.1. The number of piperidine rings is 1. The van der Waals surface area contributed by atoms with Crippen molar-refractivity contribution in [2.45, 2.75) is 31.7 Å². The molecule has 6 heteroatoms. The zero-order valence-electron chi connectivity index (χ0n) is 12.1. The van der Waals surface area contributed by atoms with Crippen LogP contribution in [0, 0.1) is 5.41 Å². The number of benzene rings is 1. The third kappa shape index (κ3) is 6.87. The van der Waals surface area contributed by atoms with E-state index in [0.717, 1.165) is 5.56 Å². The quantitative estimate of drug-likeness (QED) is 0.412. The topological polar surface area (TPSA) is 125 Å². The number of carboxylic acids is 1. The van der Waals surface area contributed by atoms with Gasteiger partial charge >= 0.3 is 5.97 Å². The summed E-state index contributed by atoms with van der Waals surface area (Å²) in [6.45, 7) is 2.50. The van der Waals surface area contributed by atoms with Crippen molar-refractivity contribution >= 4 is 11.8 Å². The molecular weight excluding hydrogens is 268 g/mol. The summed E-state index contributed by atoms with van der Waals surface area (Å²) in [6, 6.07) is 5.89. The summed E-state index contributed by atoms with van der Waals surface area (Å²) in [6.07, 6.45) is 4.49. The number of amidine groups is 1. The second-order valence-electron chi connectivity index (χ2n) is 5.07. The third-order valence-corrected chi connectivity index (χ3v) is 3.24. The van der Waals surface area contributed by atoms with E-state index in [4.69, 9.17) is 22.0 Å². The van der Waals surface area contributed by atoms with E-state index in [9.17, 15) is 4.79 Å². The molecule has 0 aromatic heterocycles. The summed E-state index contributed by atoms with van der Waals surface area (Å²) < 4.78 is 0. The molecule has 0 amide bonds. The number of hydrogen-bond donors (Lipinski definition) is 5. The number of aliphatic carboxylic acids is 1. The van der Waals surface area contributed by atoms with E-state index in [-0.39, 0.29) is 12.3 Å². The van der Waals surface area contributed by atoms with E-state index < -0.39 is 12.0 Å². The van der Waals surface area contributed by atoms with Gasteiger partial charge in [-0.25, -0.2) is 0 Å². The summed E-state index contributed by atoms with van der Waals surface area (Å²) in [5, 5.41) is 19.1. The van der Waals surface area contributed by atoms with Gasteiger partial charge in [0.1, 0.15) is 11.9 Å². The van der Waals surface area contributed by atoms with Crippen molar-refractivity contribution < 1.29 is 9.90 Å². The van der Waals surface area contributed by atoms with Gasteiger partial charge in [0.2, 0.25) is 0 Å². The molecule has 1 heterocycles. The second-order valence-corrected chi connectivity index (χ2v) is 5.07. The van der Waals surface area contributed by atoms with Crippen molar-refractivity contribution in [3.8, 4) is 0 Å². The van der Waals surface area contributed by atoms with E-state index in [0.29, 0.717) is 5.56 Å². The number of nitrogens with two attached hydrogens (primary N) is 2. The number of carboxylic acid groups (broad SMARTS) is 1. The molecule has 2 rings (SSSR count). The number of nitrogens with one attached hydrogen (secondary N) is 2. The first-order chi connectivity index (χ1) is 10.0. The highest BCUT2D eigenvalue weighted by molar-refractivity contribution is 5.94. The van der Waals surface area contributed by atoms with Crippen molar-refractivity contribution in [1.29, 1.82) is 5.41 Å². The van der Waals surface area contributed by atoms with Crippen LogP contribution in [0.1, 0.15) is 30.4 Å². The Kier molecular flexibility index (Phi) is 7.42. The highest BCUT2D eigenvalue weighted by atomic mass is 16.4. The average Bonchev–Trinajstić information content (AvgIpc) is 2.50. The predicted octanol–water partition coefficient (Wildman–Crippen LogP) is 0.685. The van der Waals surface area contributed by atoms with E-state index in [2.05, 4.69) is 5.32 Å². The Morgan fingerprint density at radius 1 is 1.24 bits per heavy atom. The van der Waals surface area contributed by atoms with Crippen molar-refractivity contribution in [2.75, 3.05) is 13.1 Å². The van der Waals surface area contributed by atoms with Gasteiger partial charge in [0, 0.05) is 5.56 Å². The smallest absolute Gasteiger partial charge is 0.320 e. The lowest BCUT2D eigenvalue weighted by Crippen LogP contribution is -2.32. The molecule has 7 N–H and O–H groups in total. The van der Waals surface area contributed by atoms with E-state index in [1.54, 1.807) is 24.3 Å². The molecule has 0 unspecified atom stereocenters. The van der Waals surface area contributed by atoms with Gasteiger partial charge in [-0.2, -0.15) is 0 Å². The first-order valence-electron chi connectivity index (χ1n) is 7.13. The Balaban J connectivity index is 0.000000304. The second kappa shape index (κ2) is 9.10. The van der Waals surface area contributed by atoms with Gasteiger partial charge in [-0.1, -0.05) is 30.7 Å². The van der Waals surface area contributed by atoms with Crippen LogP contribution in [0.2, 0.25) is 0 Å². The molecule has 1 aromatic rings. The molecule has 1 saturated heterocycles. The van der Waals surface area contributed by atoms with Crippen LogP contribution in [0.3, 0.4) is 0 Å². The van der Waals surface area contributed by atoms with E-state index in [1.165, 1.54) is 32.4 Å². The highest BCUT2D eigenvalue weighted by Gasteiger charge is 2.11. The SMILES string of the molecule is C1CCNCC1.N=C(N)c1ccc(C[C@H](N)C(=O)O)cc1. The maximum Gasteiger partial charge on any atom is 0.320 e. The lowest BCUT2D eigenvalue weighted by molar-refractivity contribution is -0.138. The first-order valence-corrected chi connectivity index (χ1v) is 7.13. The summed E-state index contributed by atoms with van der Waals surface area (Å²) in [5.74, 6) is -1.03. The lowest BCUT2D eigenvalue weighted by Gasteiger charge is -2.08. The molecule has 1 fully saturated rings. The molecule has 1 aliphatic rings. The molecule has 1 aromatic carbocycles. The Bertz CT molecular complexity index is 444. The predicted molar refractivity (Wildman–Crippen MR) is 83.5 cm³/mol. The largest absolute Gasteiger partial charge is 0.480 e. The molecule has 0 aliphatic carbocycles. The molecular formula is C15H24N4O2. The fourth-order valence-corrected chi connectivity index (χ4v) is 1.96. The standard InChI is InChI=1S/C10H13N3O2.C5H11N/c11-8(10(14)15)5-6-1-3-7(4-2-6)9(12)13;1-2-4-6-5-3-1/h1-4,8H,5,11H2,(H3,12,13)(H,14,15);6H,1-5H2/t8-;/m0./s1. The monoisotopic (exact) mass is 292 g/mol. The lowest BCUT2D eigenvalue weighted by atomic mass is 10.0. The van der Waals surface area contributed by atoms with Gasteiger partial charge < -0.3 is 21.9 Å². The van der Waals surface area contributed by atoms with Crippen molar-refractivity contribution in [2.24, 2.45) is 11.5 Å². The summed E-state index contributed by atoms with van der Waals surface area (Å²) in [5.41, 5.74) is 12.1. The van der Waals surface area contributed by atoms with Crippen LogP contribution in [-0.4, -0.2) is 36.0 Å². The van der Waals surface area contributed by atoms with Crippen LogP contribution in [-0.2, 0) is 11.2 Å². The van der Waals surface area contributed by atoms with Crippen LogP contribution in [0.15, 0.2) is 24.3 Å². The Morgan fingerprint density at radius 2 is 1.81 bits per heavy atom. The van der Waals surface area contributed by atoms with Gasteiger partial charge in [0.05, 0.1) is 0 Å². The number of nitrogen functional groups attached to an aromatic ring is 1. The minimum atomic E-state index is -1.02. The maximum atomic E-state index is 10.5. The summed E-state index contributed by atoms with van der Waals surface area (Å²) >= 11 is 0. The molecule has 1 aliphatic heterocycles. The van der Waals surface area contributed by atoms with Crippen LogP contribution in [0.25, 0.3) is 0 Å². The minimum Gasteiger partial charge on any atom is -0.480 e. The fraction of sp³-hybridized carbons (Fsp3) is 0.467. The van der Waals surface area contributed by atoms with Gasteiger partial charge in [-0.05, 0) is 37.9 Å². The molecule has 0 radical (unpaired) electrons. The Hall–Kier alpha value is -1.92. The Labute approximate surface area is 125 Å². The van der Waals surface area contributed by atoms with Crippen LogP contribution in [0.5, 0.6) is 0 Å². The van der Waals surface area contributed by atoms with Crippen LogP contribution in [0.4, 0.5) is 0 Å². The van der Waals surface area contributed by atoms with Gasteiger partial charge in [-0.15, -0.1) is 0 Å². The summed E-state index contributed by atoms with van der Waals surface area (Å²) in [7, 11) is 0. The van der Waals surface area contributed by atoms with Crippen LogP contribution < -0.4 is 16.8 Å². The molecule has 0 spiro atoms. The molecule has 116 valence electrons.